The summed E-state index contributed by atoms with van der Waals surface area (Å²) in [7, 11) is 3.16. The second-order valence-corrected chi connectivity index (χ2v) is 10.3. The van der Waals surface area contributed by atoms with Crippen molar-refractivity contribution in [3.8, 4) is 17.2 Å². The quantitative estimate of drug-likeness (QED) is 0.229. The second kappa shape index (κ2) is 13.0. The highest BCUT2D eigenvalue weighted by molar-refractivity contribution is 6.03. The van der Waals surface area contributed by atoms with Crippen LogP contribution in [-0.2, 0) is 4.74 Å². The predicted molar refractivity (Wildman–Crippen MR) is 159 cm³/mol. The number of pyridine rings is 1. The number of amides is 2. The van der Waals surface area contributed by atoms with Gasteiger partial charge >= 0.3 is 6.03 Å². The summed E-state index contributed by atoms with van der Waals surface area (Å²) in [6.07, 6.45) is 2.89. The van der Waals surface area contributed by atoms with Gasteiger partial charge in [-0.3, -0.25) is 14.3 Å². The number of aliphatic hydroxyl groups excluding tert-OH is 1. The number of carbonyl (C=O) groups is 2. The molecule has 0 bridgehead atoms. The topological polar surface area (TPSA) is 127 Å². The molecule has 0 unspecified atom stereocenters. The van der Waals surface area contributed by atoms with Crippen LogP contribution in [0.25, 0.3) is 10.9 Å². The number of aliphatic hydroxyl groups is 1. The summed E-state index contributed by atoms with van der Waals surface area (Å²) >= 11 is 0. The highest BCUT2D eigenvalue weighted by Crippen LogP contribution is 2.37. The van der Waals surface area contributed by atoms with E-state index in [0.717, 1.165) is 18.5 Å². The highest BCUT2D eigenvalue weighted by Gasteiger charge is 2.28. The molecule has 0 radical (unpaired) electrons. The lowest BCUT2D eigenvalue weighted by Gasteiger charge is -2.40. The minimum Gasteiger partial charge on any atom is -0.487 e. The minimum absolute atomic E-state index is 0.270. The molecule has 220 valence electrons. The number of anilines is 1. The SMILES string of the molecule is CNC(=O)n1ccc2cc(Oc3ccnc(NC(=O)c4ccc(C5CN(C[C@@H](C)O)C5)cc4)c3)c(OCCOC)cc21. The molecule has 1 fully saturated rings. The van der Waals surface area contributed by atoms with E-state index in [0.29, 0.717) is 53.2 Å². The molecule has 2 aromatic carbocycles. The van der Waals surface area contributed by atoms with E-state index in [1.807, 2.05) is 30.3 Å². The maximum absolute atomic E-state index is 13.0. The maximum Gasteiger partial charge on any atom is 0.325 e. The molecule has 2 amide bonds. The number of fused-ring (bicyclic) bond motifs is 1. The summed E-state index contributed by atoms with van der Waals surface area (Å²) < 4.78 is 18.7. The van der Waals surface area contributed by atoms with E-state index in [9.17, 15) is 14.7 Å². The van der Waals surface area contributed by atoms with E-state index in [2.05, 4.69) is 20.5 Å². The highest BCUT2D eigenvalue weighted by atomic mass is 16.5. The molecule has 3 N–H and O–H groups in total. The molecular weight excluding hydrogens is 538 g/mol. The fourth-order valence-electron chi connectivity index (χ4n) is 4.94. The van der Waals surface area contributed by atoms with Crippen molar-refractivity contribution < 1.29 is 28.9 Å². The molecule has 0 saturated carbocycles. The number of aromatic nitrogens is 2. The van der Waals surface area contributed by atoms with Crippen molar-refractivity contribution in [3.05, 3.63) is 78.1 Å². The van der Waals surface area contributed by atoms with Gasteiger partial charge in [0.1, 0.15) is 18.2 Å². The standard InChI is InChI=1S/C31H35N5O6/c1-20(37)17-35-18-24(19-35)21-4-6-22(7-5-21)30(38)34-29-15-25(8-10-33-29)42-28-14-23-9-11-36(31(39)32-2)26(23)16-27(28)41-13-12-40-3/h4-11,14-16,20,24,37H,12-13,17-19H2,1-3H3,(H,32,39)(H,33,34,38)/t20-/m1/s1. The van der Waals surface area contributed by atoms with Crippen LogP contribution in [0.3, 0.4) is 0 Å². The van der Waals surface area contributed by atoms with Gasteiger partial charge in [-0.2, -0.15) is 0 Å². The first-order chi connectivity index (χ1) is 20.3. The summed E-state index contributed by atoms with van der Waals surface area (Å²) in [6.45, 7) is 4.94. The predicted octanol–water partition coefficient (Wildman–Crippen LogP) is 4.07. The first kappa shape index (κ1) is 29.1. The molecule has 0 spiro atoms. The normalized spacial score (nSPS) is 14.3. The summed E-state index contributed by atoms with van der Waals surface area (Å²) in [5.74, 6) is 1.78. The molecule has 1 aliphatic heterocycles. The molecule has 3 heterocycles. The number of hydrogen-bond acceptors (Lipinski definition) is 8. The zero-order chi connectivity index (χ0) is 29.6. The number of ether oxygens (including phenoxy) is 3. The van der Waals surface area contributed by atoms with Gasteiger partial charge in [-0.15, -0.1) is 0 Å². The third-order valence-corrected chi connectivity index (χ3v) is 7.06. The Balaban J connectivity index is 1.28. The van der Waals surface area contributed by atoms with Crippen molar-refractivity contribution in [3.63, 3.8) is 0 Å². The van der Waals surface area contributed by atoms with E-state index in [1.165, 1.54) is 10.1 Å². The number of β-amino-alcohol motifs (C(OH)–C–C–N with tert-alkyl or cyclic N) is 1. The zero-order valence-electron chi connectivity index (χ0n) is 23.9. The van der Waals surface area contributed by atoms with E-state index < -0.39 is 0 Å². The molecule has 0 aliphatic carbocycles. The molecule has 1 atom stereocenters. The lowest BCUT2D eigenvalue weighted by atomic mass is 9.90. The van der Waals surface area contributed by atoms with Gasteiger partial charge in [0.25, 0.3) is 5.91 Å². The van der Waals surface area contributed by atoms with Gasteiger partial charge in [0.05, 0.1) is 18.2 Å². The van der Waals surface area contributed by atoms with Gasteiger partial charge in [-0.25, -0.2) is 9.78 Å². The van der Waals surface area contributed by atoms with Crippen LogP contribution < -0.4 is 20.1 Å². The smallest absolute Gasteiger partial charge is 0.325 e. The molecule has 42 heavy (non-hydrogen) atoms. The van der Waals surface area contributed by atoms with Crippen molar-refractivity contribution in [1.82, 2.24) is 19.8 Å². The molecule has 2 aromatic heterocycles. The first-order valence-corrected chi connectivity index (χ1v) is 13.8. The summed E-state index contributed by atoms with van der Waals surface area (Å²) in [5, 5.41) is 15.8. The van der Waals surface area contributed by atoms with Gasteiger partial charge in [0.15, 0.2) is 11.5 Å². The van der Waals surface area contributed by atoms with Gasteiger partial charge < -0.3 is 30.0 Å². The number of benzene rings is 2. The molecule has 11 nitrogen and oxygen atoms in total. The Morgan fingerprint density at radius 1 is 1.07 bits per heavy atom. The number of nitrogens with one attached hydrogen (secondary N) is 2. The van der Waals surface area contributed by atoms with Crippen molar-refractivity contribution in [2.24, 2.45) is 0 Å². The van der Waals surface area contributed by atoms with Crippen LogP contribution in [0.5, 0.6) is 17.2 Å². The van der Waals surface area contributed by atoms with Crippen LogP contribution in [0.4, 0.5) is 10.6 Å². The number of nitrogens with zero attached hydrogens (tertiary/aromatic N) is 3. The molecular formula is C31H35N5O6. The van der Waals surface area contributed by atoms with E-state index >= 15 is 0 Å². The Morgan fingerprint density at radius 2 is 1.86 bits per heavy atom. The van der Waals surface area contributed by atoms with Gasteiger partial charge in [0, 0.05) is 75.2 Å². The van der Waals surface area contributed by atoms with E-state index in [1.54, 1.807) is 57.7 Å². The van der Waals surface area contributed by atoms with Gasteiger partial charge in [0.2, 0.25) is 0 Å². The minimum atomic E-state index is -0.336. The Bertz CT molecular complexity index is 1550. The summed E-state index contributed by atoms with van der Waals surface area (Å²) in [4.78, 5) is 31.7. The lowest BCUT2D eigenvalue weighted by molar-refractivity contribution is 0.0741. The number of hydrogen-bond donors (Lipinski definition) is 3. The summed E-state index contributed by atoms with van der Waals surface area (Å²) in [5.41, 5.74) is 2.36. The van der Waals surface area contributed by atoms with Crippen LogP contribution in [0.15, 0.2) is 67.0 Å². The zero-order valence-corrected chi connectivity index (χ0v) is 23.9. The third-order valence-electron chi connectivity index (χ3n) is 7.06. The average molecular weight is 574 g/mol. The van der Waals surface area contributed by atoms with Crippen molar-refractivity contribution >= 4 is 28.7 Å². The van der Waals surface area contributed by atoms with Crippen LogP contribution >= 0.6 is 0 Å². The molecule has 1 saturated heterocycles. The van der Waals surface area contributed by atoms with Crippen LogP contribution in [0, 0.1) is 0 Å². The molecule has 1 aliphatic rings. The van der Waals surface area contributed by atoms with Crippen LogP contribution in [0.1, 0.15) is 28.8 Å². The van der Waals surface area contributed by atoms with Gasteiger partial charge in [-0.1, -0.05) is 12.1 Å². The second-order valence-electron chi connectivity index (χ2n) is 10.3. The molecule has 5 rings (SSSR count). The number of carbonyl (C=O) groups excluding carboxylic acids is 2. The van der Waals surface area contributed by atoms with Crippen LogP contribution in [0.2, 0.25) is 0 Å². The summed E-state index contributed by atoms with van der Waals surface area (Å²) in [6, 6.07) is 16.0. The van der Waals surface area contributed by atoms with Crippen molar-refractivity contribution in [2.45, 2.75) is 18.9 Å². The van der Waals surface area contributed by atoms with E-state index in [-0.39, 0.29) is 24.6 Å². The Hall–Kier alpha value is -4.45. The molecule has 4 aromatic rings. The Labute approximate surface area is 244 Å². The molecule has 11 heteroatoms. The fraction of sp³-hybridized carbons (Fsp3) is 0.323. The fourth-order valence-corrected chi connectivity index (χ4v) is 4.94. The third kappa shape index (κ3) is 6.71. The Morgan fingerprint density at radius 3 is 2.57 bits per heavy atom. The van der Waals surface area contributed by atoms with Gasteiger partial charge in [-0.05, 0) is 42.8 Å². The number of likely N-dealkylation sites (tertiary alicyclic amines) is 1. The monoisotopic (exact) mass is 573 g/mol. The maximum atomic E-state index is 13.0. The lowest BCUT2D eigenvalue weighted by Crippen LogP contribution is -2.47. The largest absolute Gasteiger partial charge is 0.487 e. The average Bonchev–Trinajstić information content (AvgIpc) is 3.37. The van der Waals surface area contributed by atoms with E-state index in [4.69, 9.17) is 14.2 Å². The van der Waals surface area contributed by atoms with Crippen molar-refractivity contribution in [2.75, 3.05) is 52.3 Å². The van der Waals surface area contributed by atoms with Crippen molar-refractivity contribution in [1.29, 1.82) is 0 Å². The van der Waals surface area contributed by atoms with Crippen LogP contribution in [-0.4, -0.2) is 84.6 Å². The first-order valence-electron chi connectivity index (χ1n) is 13.8. The number of rotatable bonds is 11. The number of methoxy groups -OCH3 is 1. The Kier molecular flexibility index (Phi) is 9.01.